The van der Waals surface area contributed by atoms with Crippen LogP contribution in [-0.4, -0.2) is 38.9 Å². The van der Waals surface area contributed by atoms with Crippen LogP contribution in [0.2, 0.25) is 0 Å². The van der Waals surface area contributed by atoms with Crippen molar-refractivity contribution in [1.82, 2.24) is 9.62 Å². The number of nitrogens with zero attached hydrogens (tertiary/aromatic N) is 1. The van der Waals surface area contributed by atoms with Crippen LogP contribution in [0.5, 0.6) is 0 Å². The number of benzene rings is 1. The predicted octanol–water partition coefficient (Wildman–Crippen LogP) is 2.08. The second kappa shape index (κ2) is 5.94. The van der Waals surface area contributed by atoms with Gasteiger partial charge in [0.05, 0.1) is 10.5 Å². The highest BCUT2D eigenvalue weighted by molar-refractivity contribution is 7.89. The zero-order valence-corrected chi connectivity index (χ0v) is 12.3. The predicted molar refractivity (Wildman–Crippen MR) is 72.3 cm³/mol. The van der Waals surface area contributed by atoms with E-state index in [-0.39, 0.29) is 10.9 Å². The van der Waals surface area contributed by atoms with Gasteiger partial charge >= 0.3 is 6.18 Å². The fourth-order valence-electron chi connectivity index (χ4n) is 2.35. The molecule has 21 heavy (non-hydrogen) atoms. The van der Waals surface area contributed by atoms with Crippen molar-refractivity contribution in [2.75, 3.05) is 20.1 Å². The molecule has 1 fully saturated rings. The van der Waals surface area contributed by atoms with E-state index in [1.54, 1.807) is 0 Å². The van der Waals surface area contributed by atoms with Crippen molar-refractivity contribution in [1.29, 1.82) is 0 Å². The Labute approximate surface area is 122 Å². The van der Waals surface area contributed by atoms with Gasteiger partial charge in [0, 0.05) is 19.1 Å². The largest absolute Gasteiger partial charge is 0.416 e. The topological polar surface area (TPSA) is 49.4 Å². The molecule has 0 radical (unpaired) electrons. The van der Waals surface area contributed by atoms with Gasteiger partial charge < -0.3 is 5.32 Å². The normalized spacial score (nSPS) is 18.9. The molecule has 1 aromatic carbocycles. The Hall–Kier alpha value is -1.12. The van der Waals surface area contributed by atoms with Crippen molar-refractivity contribution in [3.05, 3.63) is 29.8 Å². The lowest BCUT2D eigenvalue weighted by atomic mass is 10.1. The van der Waals surface area contributed by atoms with Crippen LogP contribution in [0.3, 0.4) is 0 Å². The fourth-order valence-corrected chi connectivity index (χ4v) is 3.82. The summed E-state index contributed by atoms with van der Waals surface area (Å²) < 4.78 is 63.5. The van der Waals surface area contributed by atoms with Gasteiger partial charge in [0.2, 0.25) is 10.0 Å². The van der Waals surface area contributed by atoms with Gasteiger partial charge in [0.15, 0.2) is 0 Å². The highest BCUT2D eigenvalue weighted by Gasteiger charge is 2.32. The molecule has 0 aromatic heterocycles. The van der Waals surface area contributed by atoms with Crippen LogP contribution in [0, 0.1) is 0 Å². The maximum atomic E-state index is 12.5. The third-order valence-electron chi connectivity index (χ3n) is 3.68. The first-order valence-corrected chi connectivity index (χ1v) is 8.04. The number of rotatable bonds is 3. The van der Waals surface area contributed by atoms with Crippen molar-refractivity contribution < 1.29 is 21.6 Å². The molecule has 1 aliphatic heterocycles. The van der Waals surface area contributed by atoms with E-state index in [4.69, 9.17) is 0 Å². The average Bonchev–Trinajstić information content (AvgIpc) is 2.46. The highest BCUT2D eigenvalue weighted by Crippen LogP contribution is 2.30. The van der Waals surface area contributed by atoms with E-state index >= 15 is 0 Å². The quantitative estimate of drug-likeness (QED) is 0.927. The second-order valence-corrected chi connectivity index (χ2v) is 6.93. The molecule has 1 heterocycles. The summed E-state index contributed by atoms with van der Waals surface area (Å²) in [7, 11) is -1.89. The van der Waals surface area contributed by atoms with E-state index in [0.29, 0.717) is 25.9 Å². The third kappa shape index (κ3) is 3.56. The lowest BCUT2D eigenvalue weighted by Gasteiger charge is -2.31. The minimum Gasteiger partial charge on any atom is -0.317 e. The molecule has 0 amide bonds. The van der Waals surface area contributed by atoms with Crippen molar-refractivity contribution >= 4 is 10.0 Å². The zero-order valence-electron chi connectivity index (χ0n) is 11.5. The molecule has 1 saturated heterocycles. The molecule has 0 atom stereocenters. The Morgan fingerprint density at radius 2 is 1.67 bits per heavy atom. The number of hydrogen-bond donors (Lipinski definition) is 1. The number of nitrogens with one attached hydrogen (secondary N) is 1. The van der Waals surface area contributed by atoms with Crippen LogP contribution in [0.25, 0.3) is 0 Å². The molecule has 8 heteroatoms. The highest BCUT2D eigenvalue weighted by atomic mass is 32.2. The van der Waals surface area contributed by atoms with Gasteiger partial charge in [-0.25, -0.2) is 8.42 Å². The molecule has 1 aromatic rings. The molecule has 118 valence electrons. The first-order valence-electron chi connectivity index (χ1n) is 6.60. The molecule has 0 spiro atoms. The fraction of sp³-hybridized carbons (Fsp3) is 0.538. The number of sulfonamides is 1. The smallest absolute Gasteiger partial charge is 0.317 e. The summed E-state index contributed by atoms with van der Waals surface area (Å²) in [6, 6.07) is 3.91. The molecule has 0 saturated carbocycles. The van der Waals surface area contributed by atoms with Crippen LogP contribution < -0.4 is 5.32 Å². The maximum Gasteiger partial charge on any atom is 0.416 e. The van der Waals surface area contributed by atoms with Crippen molar-refractivity contribution in [2.24, 2.45) is 0 Å². The minimum absolute atomic E-state index is 0.0987. The van der Waals surface area contributed by atoms with Crippen molar-refractivity contribution in [3.8, 4) is 0 Å². The Balaban J connectivity index is 2.17. The van der Waals surface area contributed by atoms with Gasteiger partial charge in [0.1, 0.15) is 0 Å². The summed E-state index contributed by atoms with van der Waals surface area (Å²) in [5.74, 6) is 0. The molecular formula is C13H17F3N2O2S. The SMILES string of the molecule is CNC1CCN(S(=O)(=O)c2ccc(C(F)(F)F)cc2)CC1. The molecule has 0 bridgehead atoms. The van der Waals surface area contributed by atoms with Crippen LogP contribution in [-0.2, 0) is 16.2 Å². The first kappa shape index (κ1) is 16.3. The third-order valence-corrected chi connectivity index (χ3v) is 5.59. The van der Waals surface area contributed by atoms with E-state index in [0.717, 1.165) is 24.3 Å². The molecule has 4 nitrogen and oxygen atoms in total. The van der Waals surface area contributed by atoms with Gasteiger partial charge in [-0.3, -0.25) is 0 Å². The van der Waals surface area contributed by atoms with E-state index < -0.39 is 21.8 Å². The van der Waals surface area contributed by atoms with Gasteiger partial charge in [-0.2, -0.15) is 17.5 Å². The van der Waals surface area contributed by atoms with E-state index in [9.17, 15) is 21.6 Å². The van der Waals surface area contributed by atoms with E-state index in [2.05, 4.69) is 5.32 Å². The molecule has 0 aliphatic carbocycles. The van der Waals surface area contributed by atoms with Gasteiger partial charge in [-0.05, 0) is 44.2 Å². The van der Waals surface area contributed by atoms with Crippen molar-refractivity contribution in [2.45, 2.75) is 30.0 Å². The van der Waals surface area contributed by atoms with E-state index in [1.807, 2.05) is 7.05 Å². The van der Waals surface area contributed by atoms with Gasteiger partial charge in [0.25, 0.3) is 0 Å². The van der Waals surface area contributed by atoms with Crippen LogP contribution in [0.4, 0.5) is 13.2 Å². The van der Waals surface area contributed by atoms with Crippen molar-refractivity contribution in [3.63, 3.8) is 0 Å². The summed E-state index contributed by atoms with van der Waals surface area (Å²) in [6.07, 6.45) is -3.08. The molecule has 1 aliphatic rings. The van der Waals surface area contributed by atoms with Gasteiger partial charge in [-0.1, -0.05) is 0 Å². The Morgan fingerprint density at radius 3 is 2.10 bits per heavy atom. The Kier molecular flexibility index (Phi) is 4.60. The van der Waals surface area contributed by atoms with E-state index in [1.165, 1.54) is 4.31 Å². The Bertz CT molecular complexity index is 576. The molecular weight excluding hydrogens is 305 g/mol. The number of hydrogen-bond acceptors (Lipinski definition) is 3. The van der Waals surface area contributed by atoms with Crippen LogP contribution in [0.1, 0.15) is 18.4 Å². The number of alkyl halides is 3. The summed E-state index contributed by atoms with van der Waals surface area (Å²) >= 11 is 0. The Morgan fingerprint density at radius 1 is 1.14 bits per heavy atom. The molecule has 0 unspecified atom stereocenters. The monoisotopic (exact) mass is 322 g/mol. The number of halogens is 3. The van der Waals surface area contributed by atoms with Crippen LogP contribution in [0.15, 0.2) is 29.2 Å². The summed E-state index contributed by atoms with van der Waals surface area (Å²) in [5, 5.41) is 3.09. The number of piperidine rings is 1. The average molecular weight is 322 g/mol. The standard InChI is InChI=1S/C13H17F3N2O2S/c1-17-11-6-8-18(9-7-11)21(19,20)12-4-2-10(3-5-12)13(14,15)16/h2-5,11,17H,6-9H2,1H3. The summed E-state index contributed by atoms with van der Waals surface area (Å²) in [4.78, 5) is -0.0987. The first-order chi connectivity index (χ1) is 9.75. The maximum absolute atomic E-state index is 12.5. The van der Waals surface area contributed by atoms with Gasteiger partial charge in [-0.15, -0.1) is 0 Å². The summed E-state index contributed by atoms with van der Waals surface area (Å²) in [5.41, 5.74) is -0.852. The lowest BCUT2D eigenvalue weighted by Crippen LogP contribution is -2.43. The molecule has 1 N–H and O–H groups in total. The zero-order chi connectivity index (χ0) is 15.7. The summed E-state index contributed by atoms with van der Waals surface area (Å²) in [6.45, 7) is 0.740. The second-order valence-electron chi connectivity index (χ2n) is 4.99. The molecule has 2 rings (SSSR count). The lowest BCUT2D eigenvalue weighted by molar-refractivity contribution is -0.137. The minimum atomic E-state index is -4.46. The van der Waals surface area contributed by atoms with Crippen LogP contribution >= 0.6 is 0 Å².